The lowest BCUT2D eigenvalue weighted by molar-refractivity contribution is 0.425. The highest BCUT2D eigenvalue weighted by Crippen LogP contribution is 2.21. The van der Waals surface area contributed by atoms with E-state index in [1.807, 2.05) is 18.2 Å². The van der Waals surface area contributed by atoms with Crippen LogP contribution in [0.2, 0.25) is 0 Å². The molecule has 1 aromatic carbocycles. The minimum Gasteiger partial charge on any atom is -0.356 e. The Morgan fingerprint density at radius 2 is 2.10 bits per heavy atom. The summed E-state index contributed by atoms with van der Waals surface area (Å²) in [6, 6.07) is 7.31. The molecule has 0 bridgehead atoms. The maximum atomic E-state index is 12.5. The van der Waals surface area contributed by atoms with Crippen molar-refractivity contribution < 1.29 is 12.9 Å². The molecule has 0 saturated carbocycles. The third-order valence-corrected chi connectivity index (χ3v) is 5.25. The molecule has 0 unspecified atom stereocenters. The second-order valence-electron chi connectivity index (χ2n) is 4.88. The van der Waals surface area contributed by atoms with Gasteiger partial charge in [0.2, 0.25) is 10.0 Å². The predicted molar refractivity (Wildman–Crippen MR) is 75.7 cm³/mol. The summed E-state index contributed by atoms with van der Waals surface area (Å²) >= 11 is 0. The fourth-order valence-corrected chi connectivity index (χ4v) is 3.92. The average molecular weight is 295 g/mol. The minimum absolute atomic E-state index is 0.107. The first-order valence-electron chi connectivity index (χ1n) is 6.69. The lowest BCUT2D eigenvalue weighted by Gasteiger charge is -2.18. The zero-order valence-corrected chi connectivity index (χ0v) is 11.9. The molecule has 108 valence electrons. The zero-order valence-electron chi connectivity index (χ0n) is 11.1. The molecule has 1 saturated heterocycles. The summed E-state index contributed by atoms with van der Waals surface area (Å²) in [5, 5.41) is 7.87. The third kappa shape index (κ3) is 2.70. The molecule has 1 aliphatic heterocycles. The van der Waals surface area contributed by atoms with Crippen molar-refractivity contribution >= 4 is 21.0 Å². The van der Waals surface area contributed by atoms with Crippen molar-refractivity contribution in [2.45, 2.75) is 12.2 Å². The van der Waals surface area contributed by atoms with Crippen LogP contribution >= 0.6 is 0 Å². The van der Waals surface area contributed by atoms with Crippen LogP contribution in [-0.2, 0) is 15.8 Å². The Morgan fingerprint density at radius 3 is 3.00 bits per heavy atom. The van der Waals surface area contributed by atoms with Gasteiger partial charge in [-0.15, -0.1) is 0 Å². The van der Waals surface area contributed by atoms with E-state index in [0.29, 0.717) is 30.9 Å². The molecule has 0 radical (unpaired) electrons. The van der Waals surface area contributed by atoms with E-state index in [1.165, 1.54) is 4.31 Å². The summed E-state index contributed by atoms with van der Waals surface area (Å²) in [6.07, 6.45) is 0.832. The van der Waals surface area contributed by atoms with E-state index >= 15 is 0 Å². The van der Waals surface area contributed by atoms with Crippen LogP contribution in [0.4, 0.5) is 0 Å². The molecule has 1 aromatic heterocycles. The summed E-state index contributed by atoms with van der Waals surface area (Å²) in [4.78, 5) is 0. The Morgan fingerprint density at radius 1 is 1.25 bits per heavy atom. The third-order valence-electron chi connectivity index (χ3n) is 3.46. The van der Waals surface area contributed by atoms with Gasteiger partial charge >= 0.3 is 0 Å². The molecule has 7 heteroatoms. The van der Waals surface area contributed by atoms with Crippen molar-refractivity contribution in [3.8, 4) is 0 Å². The standard InChI is InChI=1S/C13H17N3O3S/c17-20(18,16-8-3-6-14-7-9-16)10-12-11-4-1-2-5-13(11)19-15-12/h1-2,4-5,14H,3,6-10H2. The molecule has 0 aliphatic carbocycles. The van der Waals surface area contributed by atoms with Gasteiger partial charge in [0.1, 0.15) is 11.4 Å². The highest BCUT2D eigenvalue weighted by molar-refractivity contribution is 7.88. The largest absolute Gasteiger partial charge is 0.356 e. The topological polar surface area (TPSA) is 75.4 Å². The molecule has 20 heavy (non-hydrogen) atoms. The maximum absolute atomic E-state index is 12.5. The second-order valence-corrected chi connectivity index (χ2v) is 6.85. The molecule has 0 atom stereocenters. The highest BCUT2D eigenvalue weighted by Gasteiger charge is 2.25. The summed E-state index contributed by atoms with van der Waals surface area (Å²) in [5.74, 6) is -0.107. The van der Waals surface area contributed by atoms with Gasteiger partial charge in [0.25, 0.3) is 0 Å². The number of para-hydroxylation sites is 1. The Balaban J connectivity index is 1.85. The lowest BCUT2D eigenvalue weighted by Crippen LogP contribution is -2.35. The van der Waals surface area contributed by atoms with Crippen LogP contribution in [0.25, 0.3) is 11.0 Å². The molecule has 2 aromatic rings. The summed E-state index contributed by atoms with van der Waals surface area (Å²) in [5.41, 5.74) is 1.10. The number of fused-ring (bicyclic) bond motifs is 1. The van der Waals surface area contributed by atoms with Crippen LogP contribution in [0, 0.1) is 0 Å². The first-order valence-corrected chi connectivity index (χ1v) is 8.29. The van der Waals surface area contributed by atoms with E-state index in [9.17, 15) is 8.42 Å². The quantitative estimate of drug-likeness (QED) is 0.912. The zero-order chi connectivity index (χ0) is 14.0. The first-order chi connectivity index (χ1) is 9.67. The van der Waals surface area contributed by atoms with Crippen molar-refractivity contribution in [3.63, 3.8) is 0 Å². The van der Waals surface area contributed by atoms with E-state index in [-0.39, 0.29) is 5.75 Å². The van der Waals surface area contributed by atoms with Gasteiger partial charge in [-0.05, 0) is 25.1 Å². The van der Waals surface area contributed by atoms with E-state index < -0.39 is 10.0 Å². The molecule has 6 nitrogen and oxygen atoms in total. The van der Waals surface area contributed by atoms with Gasteiger partial charge < -0.3 is 9.84 Å². The number of rotatable bonds is 3. The van der Waals surface area contributed by atoms with Crippen LogP contribution in [0.1, 0.15) is 12.1 Å². The smallest absolute Gasteiger partial charge is 0.220 e. The highest BCUT2D eigenvalue weighted by atomic mass is 32.2. The molecule has 1 aliphatic rings. The van der Waals surface area contributed by atoms with Crippen LogP contribution in [0.5, 0.6) is 0 Å². The van der Waals surface area contributed by atoms with Gasteiger partial charge in [0, 0.05) is 25.0 Å². The molecule has 0 spiro atoms. The average Bonchev–Trinajstić information content (AvgIpc) is 2.67. The minimum atomic E-state index is -3.35. The van der Waals surface area contributed by atoms with Crippen LogP contribution in [-0.4, -0.2) is 44.1 Å². The van der Waals surface area contributed by atoms with Crippen LogP contribution < -0.4 is 5.32 Å². The number of nitrogens with zero attached hydrogens (tertiary/aromatic N) is 2. The number of hydrogen-bond donors (Lipinski definition) is 1. The predicted octanol–water partition coefficient (Wildman–Crippen LogP) is 0.953. The molecule has 2 heterocycles. The maximum Gasteiger partial charge on any atom is 0.220 e. The number of sulfonamides is 1. The van der Waals surface area contributed by atoms with Gasteiger partial charge in [0.15, 0.2) is 5.58 Å². The number of aromatic nitrogens is 1. The Labute approximate surface area is 117 Å². The molecule has 1 N–H and O–H groups in total. The van der Waals surface area contributed by atoms with Gasteiger partial charge in [0.05, 0.1) is 0 Å². The Hall–Kier alpha value is -1.44. The summed E-state index contributed by atoms with van der Waals surface area (Å²) < 4.78 is 31.6. The summed E-state index contributed by atoms with van der Waals surface area (Å²) in [6.45, 7) is 2.63. The van der Waals surface area contributed by atoms with E-state index in [0.717, 1.165) is 18.4 Å². The van der Waals surface area contributed by atoms with Crippen molar-refractivity contribution in [1.82, 2.24) is 14.8 Å². The number of benzene rings is 1. The van der Waals surface area contributed by atoms with E-state index in [1.54, 1.807) is 6.07 Å². The lowest BCUT2D eigenvalue weighted by atomic mass is 10.2. The molecular weight excluding hydrogens is 278 g/mol. The molecule has 3 rings (SSSR count). The summed E-state index contributed by atoms with van der Waals surface area (Å²) in [7, 11) is -3.35. The SMILES string of the molecule is O=S(=O)(Cc1noc2ccccc12)N1CCCNCC1. The van der Waals surface area contributed by atoms with E-state index in [2.05, 4.69) is 10.5 Å². The van der Waals surface area contributed by atoms with Crippen molar-refractivity contribution in [2.75, 3.05) is 26.2 Å². The molecule has 1 fully saturated rings. The number of hydrogen-bond acceptors (Lipinski definition) is 5. The molecular formula is C13H17N3O3S. The fourth-order valence-electron chi connectivity index (χ4n) is 2.41. The van der Waals surface area contributed by atoms with Gasteiger partial charge in [-0.25, -0.2) is 12.7 Å². The van der Waals surface area contributed by atoms with E-state index in [4.69, 9.17) is 4.52 Å². The monoisotopic (exact) mass is 295 g/mol. The van der Waals surface area contributed by atoms with Crippen molar-refractivity contribution in [3.05, 3.63) is 30.0 Å². The normalized spacial score (nSPS) is 18.2. The Kier molecular flexibility index (Phi) is 3.73. The van der Waals surface area contributed by atoms with Gasteiger partial charge in [-0.2, -0.15) is 0 Å². The second kappa shape index (κ2) is 5.51. The van der Waals surface area contributed by atoms with Crippen LogP contribution in [0.15, 0.2) is 28.8 Å². The van der Waals surface area contributed by atoms with Crippen molar-refractivity contribution in [2.24, 2.45) is 0 Å². The molecule has 0 amide bonds. The van der Waals surface area contributed by atoms with Gasteiger partial charge in [-0.1, -0.05) is 17.3 Å². The Bertz CT molecular complexity index is 688. The van der Waals surface area contributed by atoms with Gasteiger partial charge in [-0.3, -0.25) is 0 Å². The van der Waals surface area contributed by atoms with Crippen molar-refractivity contribution in [1.29, 1.82) is 0 Å². The first kappa shape index (κ1) is 13.5. The van der Waals surface area contributed by atoms with Crippen LogP contribution in [0.3, 0.4) is 0 Å². The fraction of sp³-hybridized carbons (Fsp3) is 0.462. The number of nitrogens with one attached hydrogen (secondary N) is 1.